The first kappa shape index (κ1) is 17.5. The lowest BCUT2D eigenvalue weighted by Crippen LogP contribution is -2.13. The van der Waals surface area contributed by atoms with Gasteiger partial charge in [-0.15, -0.1) is 0 Å². The SMILES string of the molecule is CCc1ccc(Nc2ccc(NC(=O)c3ccccc3OC)cn2)cc1. The van der Waals surface area contributed by atoms with Crippen LogP contribution in [0, 0.1) is 0 Å². The number of aryl methyl sites for hydroxylation is 1. The highest BCUT2D eigenvalue weighted by molar-refractivity contribution is 6.06. The molecule has 0 aliphatic carbocycles. The van der Waals surface area contributed by atoms with Gasteiger partial charge in [-0.05, 0) is 48.4 Å². The van der Waals surface area contributed by atoms with Crippen molar-refractivity contribution < 1.29 is 9.53 Å². The highest BCUT2D eigenvalue weighted by atomic mass is 16.5. The number of benzene rings is 2. The maximum atomic E-state index is 12.4. The lowest BCUT2D eigenvalue weighted by Gasteiger charge is -2.10. The molecule has 26 heavy (non-hydrogen) atoms. The minimum Gasteiger partial charge on any atom is -0.496 e. The fourth-order valence-corrected chi connectivity index (χ4v) is 2.54. The van der Waals surface area contributed by atoms with Crippen LogP contribution in [0.2, 0.25) is 0 Å². The number of amides is 1. The van der Waals surface area contributed by atoms with Crippen molar-refractivity contribution in [2.75, 3.05) is 17.7 Å². The Balaban J connectivity index is 1.66. The van der Waals surface area contributed by atoms with Gasteiger partial charge in [0, 0.05) is 5.69 Å². The fourth-order valence-electron chi connectivity index (χ4n) is 2.54. The largest absolute Gasteiger partial charge is 0.496 e. The first-order valence-electron chi connectivity index (χ1n) is 8.46. The molecule has 0 aliphatic rings. The molecule has 0 spiro atoms. The number of carbonyl (C=O) groups excluding carboxylic acids is 1. The molecule has 0 fully saturated rings. The predicted molar refractivity (Wildman–Crippen MR) is 104 cm³/mol. The zero-order chi connectivity index (χ0) is 18.4. The Hall–Kier alpha value is -3.34. The highest BCUT2D eigenvalue weighted by Crippen LogP contribution is 2.20. The molecule has 5 heteroatoms. The highest BCUT2D eigenvalue weighted by Gasteiger charge is 2.11. The maximum Gasteiger partial charge on any atom is 0.259 e. The Bertz CT molecular complexity index is 875. The Kier molecular flexibility index (Phi) is 5.49. The molecule has 5 nitrogen and oxygen atoms in total. The van der Waals surface area contributed by atoms with E-state index >= 15 is 0 Å². The third-order valence-electron chi connectivity index (χ3n) is 4.01. The van der Waals surface area contributed by atoms with Gasteiger partial charge in [-0.3, -0.25) is 4.79 Å². The third-order valence-corrected chi connectivity index (χ3v) is 4.01. The number of hydrogen-bond acceptors (Lipinski definition) is 4. The molecule has 0 radical (unpaired) electrons. The first-order chi connectivity index (χ1) is 12.7. The Labute approximate surface area is 153 Å². The molecular weight excluding hydrogens is 326 g/mol. The monoisotopic (exact) mass is 347 g/mol. The van der Waals surface area contributed by atoms with E-state index in [0.29, 0.717) is 22.8 Å². The summed E-state index contributed by atoms with van der Waals surface area (Å²) in [5, 5.41) is 6.07. The molecule has 1 aromatic heterocycles. The van der Waals surface area contributed by atoms with E-state index in [9.17, 15) is 4.79 Å². The van der Waals surface area contributed by atoms with Crippen LogP contribution in [-0.4, -0.2) is 18.0 Å². The van der Waals surface area contributed by atoms with E-state index in [0.717, 1.165) is 12.1 Å². The van der Waals surface area contributed by atoms with Gasteiger partial charge in [0.2, 0.25) is 0 Å². The number of rotatable bonds is 6. The number of carbonyl (C=O) groups is 1. The van der Waals surface area contributed by atoms with Gasteiger partial charge in [-0.1, -0.05) is 31.2 Å². The van der Waals surface area contributed by atoms with Crippen LogP contribution in [0.3, 0.4) is 0 Å². The van der Waals surface area contributed by atoms with Crippen molar-refractivity contribution in [3.05, 3.63) is 78.0 Å². The van der Waals surface area contributed by atoms with E-state index in [1.54, 1.807) is 31.5 Å². The molecule has 2 N–H and O–H groups in total. The topological polar surface area (TPSA) is 63.2 Å². The number of ether oxygens (including phenoxy) is 1. The average molecular weight is 347 g/mol. The van der Waals surface area contributed by atoms with E-state index in [-0.39, 0.29) is 5.91 Å². The van der Waals surface area contributed by atoms with Gasteiger partial charge in [0.15, 0.2) is 0 Å². The summed E-state index contributed by atoms with van der Waals surface area (Å²) < 4.78 is 5.22. The molecule has 3 aromatic rings. The van der Waals surface area contributed by atoms with Crippen molar-refractivity contribution in [2.45, 2.75) is 13.3 Å². The molecule has 1 amide bonds. The number of para-hydroxylation sites is 1. The normalized spacial score (nSPS) is 10.2. The molecule has 1 heterocycles. The van der Waals surface area contributed by atoms with Crippen LogP contribution in [-0.2, 0) is 6.42 Å². The number of pyridine rings is 1. The second kappa shape index (κ2) is 8.16. The smallest absolute Gasteiger partial charge is 0.259 e. The summed E-state index contributed by atoms with van der Waals surface area (Å²) in [6.07, 6.45) is 2.63. The molecule has 0 atom stereocenters. The minimum absolute atomic E-state index is 0.236. The van der Waals surface area contributed by atoms with Crippen LogP contribution >= 0.6 is 0 Å². The molecule has 0 saturated heterocycles. The predicted octanol–water partition coefficient (Wildman–Crippen LogP) is 4.65. The standard InChI is InChI=1S/C21H21N3O2/c1-3-15-8-10-16(11-9-15)23-20-13-12-17(14-22-20)24-21(25)18-6-4-5-7-19(18)26-2/h4-14H,3H2,1-2H3,(H,22,23)(H,24,25). The Morgan fingerprint density at radius 3 is 2.38 bits per heavy atom. The average Bonchev–Trinajstić information content (AvgIpc) is 2.70. The van der Waals surface area contributed by atoms with Crippen molar-refractivity contribution in [1.29, 1.82) is 0 Å². The summed E-state index contributed by atoms with van der Waals surface area (Å²) >= 11 is 0. The zero-order valence-electron chi connectivity index (χ0n) is 14.8. The van der Waals surface area contributed by atoms with Crippen LogP contribution in [0.4, 0.5) is 17.2 Å². The number of methoxy groups -OCH3 is 1. The van der Waals surface area contributed by atoms with Gasteiger partial charge >= 0.3 is 0 Å². The molecule has 3 rings (SSSR count). The summed E-state index contributed by atoms with van der Waals surface area (Å²) in [4.78, 5) is 16.7. The number of hydrogen-bond donors (Lipinski definition) is 2. The fraction of sp³-hybridized carbons (Fsp3) is 0.143. The summed E-state index contributed by atoms with van der Waals surface area (Å²) in [5.74, 6) is 1.01. The second-order valence-electron chi connectivity index (χ2n) is 5.76. The Morgan fingerprint density at radius 2 is 1.73 bits per heavy atom. The molecule has 0 unspecified atom stereocenters. The molecule has 0 aliphatic heterocycles. The van der Waals surface area contributed by atoms with Gasteiger partial charge in [0.1, 0.15) is 11.6 Å². The van der Waals surface area contributed by atoms with Crippen molar-refractivity contribution in [1.82, 2.24) is 4.98 Å². The van der Waals surface area contributed by atoms with Crippen LogP contribution in [0.15, 0.2) is 66.9 Å². The second-order valence-corrected chi connectivity index (χ2v) is 5.76. The van der Waals surface area contributed by atoms with Crippen LogP contribution < -0.4 is 15.4 Å². The third kappa shape index (κ3) is 4.19. The lowest BCUT2D eigenvalue weighted by molar-refractivity contribution is 0.102. The maximum absolute atomic E-state index is 12.4. The summed E-state index contributed by atoms with van der Waals surface area (Å²) in [6, 6.07) is 19.0. The number of nitrogens with one attached hydrogen (secondary N) is 2. The van der Waals surface area contributed by atoms with Gasteiger partial charge in [0.25, 0.3) is 5.91 Å². The quantitative estimate of drug-likeness (QED) is 0.681. The van der Waals surface area contributed by atoms with Crippen molar-refractivity contribution in [2.24, 2.45) is 0 Å². The van der Waals surface area contributed by atoms with Crippen molar-refractivity contribution in [3.63, 3.8) is 0 Å². The van der Waals surface area contributed by atoms with Crippen LogP contribution in [0.25, 0.3) is 0 Å². The van der Waals surface area contributed by atoms with Crippen molar-refractivity contribution in [3.8, 4) is 5.75 Å². The molecular formula is C21H21N3O2. The van der Waals surface area contributed by atoms with Crippen molar-refractivity contribution >= 4 is 23.1 Å². The van der Waals surface area contributed by atoms with Gasteiger partial charge < -0.3 is 15.4 Å². The number of aromatic nitrogens is 1. The van der Waals surface area contributed by atoms with Crippen LogP contribution in [0.5, 0.6) is 5.75 Å². The van der Waals surface area contributed by atoms with Crippen LogP contribution in [0.1, 0.15) is 22.8 Å². The Morgan fingerprint density at radius 1 is 1.00 bits per heavy atom. The molecule has 0 bridgehead atoms. The summed E-state index contributed by atoms with van der Waals surface area (Å²) in [7, 11) is 1.54. The zero-order valence-corrected chi connectivity index (χ0v) is 14.8. The first-order valence-corrected chi connectivity index (χ1v) is 8.46. The van der Waals surface area contributed by atoms with E-state index in [2.05, 4.69) is 34.7 Å². The number of nitrogens with zero attached hydrogens (tertiary/aromatic N) is 1. The molecule has 132 valence electrons. The van der Waals surface area contributed by atoms with E-state index in [1.807, 2.05) is 30.3 Å². The summed E-state index contributed by atoms with van der Waals surface area (Å²) in [6.45, 7) is 2.13. The molecule has 2 aromatic carbocycles. The van der Waals surface area contributed by atoms with Gasteiger partial charge in [-0.2, -0.15) is 0 Å². The van der Waals surface area contributed by atoms with E-state index in [4.69, 9.17) is 4.74 Å². The van der Waals surface area contributed by atoms with Gasteiger partial charge in [-0.25, -0.2) is 4.98 Å². The van der Waals surface area contributed by atoms with E-state index in [1.165, 1.54) is 5.56 Å². The molecule has 0 saturated carbocycles. The lowest BCUT2D eigenvalue weighted by atomic mass is 10.1. The van der Waals surface area contributed by atoms with E-state index < -0.39 is 0 Å². The number of anilines is 3. The minimum atomic E-state index is -0.236. The van der Waals surface area contributed by atoms with Gasteiger partial charge in [0.05, 0.1) is 24.6 Å². The summed E-state index contributed by atoms with van der Waals surface area (Å²) in [5.41, 5.74) is 3.36.